The van der Waals surface area contributed by atoms with Gasteiger partial charge in [0, 0.05) is 67.3 Å². The third-order valence-electron chi connectivity index (χ3n) is 4.42. The van der Waals surface area contributed by atoms with E-state index in [2.05, 4.69) is 11.4 Å². The van der Waals surface area contributed by atoms with Gasteiger partial charge in [-0.05, 0) is 25.7 Å². The molecule has 0 aliphatic heterocycles. The molecule has 1 aliphatic carbocycles. The molecular weight excluding hydrogens is 591 g/mol. The van der Waals surface area contributed by atoms with Gasteiger partial charge in [0.15, 0.2) is 0 Å². The first-order valence-electron chi connectivity index (χ1n) is 8.50. The van der Waals surface area contributed by atoms with E-state index >= 15 is 0 Å². The third-order valence-corrected chi connectivity index (χ3v) is 4.42. The molecule has 1 aromatic rings. The van der Waals surface area contributed by atoms with Gasteiger partial charge in [0.2, 0.25) is 5.91 Å². The normalized spacial score (nSPS) is 20.4. The molecule has 0 bridgehead atoms. The van der Waals surface area contributed by atoms with E-state index in [4.69, 9.17) is 4.74 Å². The second kappa shape index (κ2) is 15.8. The van der Waals surface area contributed by atoms with Gasteiger partial charge < -0.3 is 22.6 Å². The van der Waals surface area contributed by atoms with E-state index in [0.29, 0.717) is 25.7 Å². The minimum atomic E-state index is -1.17. The number of aliphatic carboxylic acids is 1. The molecule has 0 saturated heterocycles. The molecule has 0 spiro atoms. The van der Waals surface area contributed by atoms with Gasteiger partial charge in [-0.15, -0.1) is 0 Å². The van der Waals surface area contributed by atoms with Crippen LogP contribution < -0.4 is 5.32 Å². The molecule has 151 valence electrons. The molecule has 0 unspecified atom stereocenters. The second-order valence-electron chi connectivity index (χ2n) is 5.88. The van der Waals surface area contributed by atoms with Crippen LogP contribution in [0.15, 0.2) is 18.2 Å². The molecule has 0 atom stereocenters. The molecule has 1 saturated carbocycles. The van der Waals surface area contributed by atoms with Crippen LogP contribution in [-0.4, -0.2) is 35.7 Å². The number of rotatable bonds is 5. The van der Waals surface area contributed by atoms with Crippen LogP contribution >= 0.6 is 0 Å². The summed E-state index contributed by atoms with van der Waals surface area (Å²) in [7, 11) is 1.63. The molecule has 27 heavy (non-hydrogen) atoms. The molecule has 1 fully saturated rings. The second-order valence-corrected chi connectivity index (χ2v) is 5.88. The third kappa shape index (κ3) is 9.30. The minimum Gasteiger partial charge on any atom is -0.480 e. The number of nitrogens with one attached hydrogen (secondary N) is 1. The Labute approximate surface area is 203 Å². The van der Waals surface area contributed by atoms with Crippen molar-refractivity contribution in [3.05, 3.63) is 42.8 Å². The van der Waals surface area contributed by atoms with Gasteiger partial charge in [-0.2, -0.15) is 35.4 Å². The molecule has 5 nitrogen and oxygen atoms in total. The van der Waals surface area contributed by atoms with Crippen molar-refractivity contribution < 1.29 is 73.2 Å². The standard InChI is InChI=1S/C17H22NO4.C2H6.CH3.W.Y/c1-12-5-3-4-6-13(12)11-15(19)18-17(16(20)21)9-7-14(22-2)8-10-17;1-2;;;/h3-5,14H,7-11H2,1-2H3,(H,18,19)(H,20,21);1-2H3;1H3;;/q-1;;-1;;. The van der Waals surface area contributed by atoms with E-state index in [1.807, 2.05) is 32.9 Å². The maximum atomic E-state index is 12.3. The van der Waals surface area contributed by atoms with E-state index in [1.54, 1.807) is 13.2 Å². The zero-order chi connectivity index (χ0) is 18.2. The molecule has 0 aromatic heterocycles. The minimum absolute atomic E-state index is 0. The predicted octanol–water partition coefficient (Wildman–Crippen LogP) is 3.34. The van der Waals surface area contributed by atoms with Gasteiger partial charge in [-0.3, -0.25) is 4.79 Å². The Kier molecular flexibility index (Phi) is 18.5. The molecule has 1 radical (unpaired) electrons. The van der Waals surface area contributed by atoms with Crippen LogP contribution in [0.1, 0.15) is 50.7 Å². The predicted molar refractivity (Wildman–Crippen MR) is 99.3 cm³/mol. The number of carbonyl (C=O) groups excluding carboxylic acids is 1. The average molecular weight is 622 g/mol. The van der Waals surface area contributed by atoms with Gasteiger partial charge in [-0.1, -0.05) is 20.8 Å². The fourth-order valence-corrected chi connectivity index (χ4v) is 2.93. The maximum absolute atomic E-state index is 12.3. The van der Waals surface area contributed by atoms with Crippen molar-refractivity contribution >= 4 is 11.9 Å². The van der Waals surface area contributed by atoms with E-state index in [0.717, 1.165) is 11.1 Å². The van der Waals surface area contributed by atoms with Crippen molar-refractivity contribution in [1.29, 1.82) is 0 Å². The number of carboxylic acid groups (broad SMARTS) is 1. The fraction of sp³-hybridized carbons (Fsp3) is 0.550. The summed E-state index contributed by atoms with van der Waals surface area (Å²) in [5.41, 5.74) is 0.602. The fourth-order valence-electron chi connectivity index (χ4n) is 2.93. The molecular formula is C20H31NO4WY-2. The topological polar surface area (TPSA) is 75.6 Å². The van der Waals surface area contributed by atoms with Crippen LogP contribution in [0.5, 0.6) is 0 Å². The van der Waals surface area contributed by atoms with Gasteiger partial charge in [0.05, 0.1) is 6.10 Å². The van der Waals surface area contributed by atoms with E-state index in [1.165, 1.54) is 0 Å². The Morgan fingerprint density at radius 1 is 1.33 bits per heavy atom. The molecule has 2 N–H and O–H groups in total. The number of hydrogen-bond acceptors (Lipinski definition) is 3. The van der Waals surface area contributed by atoms with Crippen molar-refractivity contribution in [3.8, 4) is 0 Å². The van der Waals surface area contributed by atoms with Crippen LogP contribution in [0.4, 0.5) is 0 Å². The van der Waals surface area contributed by atoms with Crippen LogP contribution in [-0.2, 0) is 74.5 Å². The summed E-state index contributed by atoms with van der Waals surface area (Å²) in [6, 6.07) is 8.57. The van der Waals surface area contributed by atoms with E-state index < -0.39 is 11.5 Å². The monoisotopic (exact) mass is 622 g/mol. The Bertz CT molecular complexity index is 561. The number of carboxylic acids is 1. The largest absolute Gasteiger partial charge is 0.480 e. The van der Waals surface area contributed by atoms with Crippen LogP contribution in [0.25, 0.3) is 0 Å². The van der Waals surface area contributed by atoms with Gasteiger partial charge >= 0.3 is 5.97 Å². The number of methoxy groups -OCH3 is 1. The van der Waals surface area contributed by atoms with Gasteiger partial charge in [-0.25, -0.2) is 4.79 Å². The van der Waals surface area contributed by atoms with Crippen LogP contribution in [0.3, 0.4) is 0 Å². The molecule has 7 heteroatoms. The summed E-state index contributed by atoms with van der Waals surface area (Å²) in [4.78, 5) is 23.9. The van der Waals surface area contributed by atoms with Gasteiger partial charge in [0.25, 0.3) is 0 Å². The first-order chi connectivity index (χ1) is 11.5. The smallest absolute Gasteiger partial charge is 0.329 e. The first-order valence-corrected chi connectivity index (χ1v) is 8.50. The Morgan fingerprint density at radius 2 is 1.89 bits per heavy atom. The zero-order valence-electron chi connectivity index (χ0n) is 17.0. The van der Waals surface area contributed by atoms with Crippen molar-refractivity contribution in [3.63, 3.8) is 0 Å². The van der Waals surface area contributed by atoms with Crippen LogP contribution in [0, 0.1) is 20.4 Å². The summed E-state index contributed by atoms with van der Waals surface area (Å²) >= 11 is 0. The zero-order valence-corrected chi connectivity index (χ0v) is 22.8. The quantitative estimate of drug-likeness (QED) is 0.495. The number of carbonyl (C=O) groups is 2. The average Bonchev–Trinajstić information content (AvgIpc) is 2.59. The number of benzene rings is 1. The first kappa shape index (κ1) is 31.6. The van der Waals surface area contributed by atoms with Crippen molar-refractivity contribution in [1.82, 2.24) is 5.32 Å². The number of ether oxygens (including phenoxy) is 1. The van der Waals surface area contributed by atoms with Crippen LogP contribution in [0.2, 0.25) is 0 Å². The summed E-state index contributed by atoms with van der Waals surface area (Å²) in [5.74, 6) is -1.24. The van der Waals surface area contributed by atoms with Crippen molar-refractivity contribution in [2.24, 2.45) is 0 Å². The molecule has 1 amide bonds. The SMILES string of the molecule is CC.COC1CCC(NC(=O)Cc2[c-]cccc2C)(C(=O)O)CC1.[CH3-].[W].[Y]. The summed E-state index contributed by atoms with van der Waals surface area (Å²) in [5, 5.41) is 12.3. The summed E-state index contributed by atoms with van der Waals surface area (Å²) in [6.45, 7) is 5.91. The molecule has 1 aromatic carbocycles. The van der Waals surface area contributed by atoms with Crippen molar-refractivity contribution in [2.75, 3.05) is 7.11 Å². The number of aryl methyl sites for hydroxylation is 1. The Morgan fingerprint density at radius 3 is 2.33 bits per heavy atom. The molecule has 2 rings (SSSR count). The van der Waals surface area contributed by atoms with E-state index in [-0.39, 0.29) is 79.6 Å². The Hall–Kier alpha value is -0.0878. The Balaban J connectivity index is -0.00000111. The molecule has 0 heterocycles. The van der Waals surface area contributed by atoms with Crippen molar-refractivity contribution in [2.45, 2.75) is 64.5 Å². The summed E-state index contributed by atoms with van der Waals surface area (Å²) < 4.78 is 5.27. The maximum Gasteiger partial charge on any atom is 0.329 e. The van der Waals surface area contributed by atoms with E-state index in [9.17, 15) is 14.7 Å². The summed E-state index contributed by atoms with van der Waals surface area (Å²) in [6.07, 6.45) is 2.29. The number of amides is 1. The number of hydrogen-bond donors (Lipinski definition) is 2. The van der Waals surface area contributed by atoms with Gasteiger partial charge in [0.1, 0.15) is 5.54 Å². The molecule has 1 aliphatic rings.